The number of benzene rings is 2. The number of furan rings is 1. The second-order valence-corrected chi connectivity index (χ2v) is 9.60. The Morgan fingerprint density at radius 1 is 1.09 bits per heavy atom. The van der Waals surface area contributed by atoms with Crippen LogP contribution in [-0.2, 0) is 4.79 Å². The maximum Gasteiger partial charge on any atom is 0.273 e. The fraction of sp³-hybridized carbons (Fsp3) is 0.167. The summed E-state index contributed by atoms with van der Waals surface area (Å²) >= 11 is 4.77. The van der Waals surface area contributed by atoms with E-state index < -0.39 is 4.92 Å². The summed E-state index contributed by atoms with van der Waals surface area (Å²) in [6.07, 6.45) is 1.64. The molecule has 3 aromatic rings. The van der Waals surface area contributed by atoms with Crippen molar-refractivity contribution in [1.29, 1.82) is 0 Å². The van der Waals surface area contributed by atoms with E-state index in [2.05, 4.69) is 26.2 Å². The Hall–Kier alpha value is -3.17. The number of aryl methyl sites for hydroxylation is 3. The maximum atomic E-state index is 12.4. The van der Waals surface area contributed by atoms with Crippen LogP contribution < -0.4 is 5.32 Å². The Morgan fingerprint density at radius 2 is 1.79 bits per heavy atom. The molecule has 7 nitrogen and oxygen atoms in total. The van der Waals surface area contributed by atoms with Gasteiger partial charge in [0.2, 0.25) is 0 Å². The molecule has 0 spiro atoms. The van der Waals surface area contributed by atoms with Crippen molar-refractivity contribution in [3.05, 3.63) is 83.9 Å². The van der Waals surface area contributed by atoms with Gasteiger partial charge in [-0.3, -0.25) is 14.9 Å². The van der Waals surface area contributed by atoms with Gasteiger partial charge in [-0.2, -0.15) is 0 Å². The van der Waals surface area contributed by atoms with Crippen LogP contribution >= 0.6 is 27.7 Å². The molecule has 1 aliphatic heterocycles. The maximum absolute atomic E-state index is 12.4. The fourth-order valence-corrected chi connectivity index (χ4v) is 4.52. The summed E-state index contributed by atoms with van der Waals surface area (Å²) in [5.41, 5.74) is 4.98. The second kappa shape index (κ2) is 8.99. The quantitative estimate of drug-likeness (QED) is 0.231. The Kier molecular flexibility index (Phi) is 6.27. The van der Waals surface area contributed by atoms with Gasteiger partial charge in [-0.1, -0.05) is 15.9 Å². The van der Waals surface area contributed by atoms with Crippen LogP contribution in [0.15, 0.2) is 55.2 Å². The number of amidine groups is 1. The van der Waals surface area contributed by atoms with Gasteiger partial charge in [0, 0.05) is 27.7 Å². The standard InChI is InChI=1S/C24H20BrN3O4S/c1-12-7-16(10-19(15(12)4)28(30)31)20-6-5-18(32-20)11-21-23(29)27-24(33-21)26-17-8-13(2)22(25)14(3)9-17/h5-11H,1-4H3,(H,26,27,29)/b21-11-. The largest absolute Gasteiger partial charge is 0.457 e. The third-order valence-corrected chi connectivity index (χ3v) is 7.48. The van der Waals surface area contributed by atoms with Crippen LogP contribution in [0.1, 0.15) is 28.0 Å². The topological polar surface area (TPSA) is 97.7 Å². The van der Waals surface area contributed by atoms with Crippen molar-refractivity contribution in [2.45, 2.75) is 27.7 Å². The molecule has 0 aliphatic carbocycles. The van der Waals surface area contributed by atoms with Gasteiger partial charge in [0.15, 0.2) is 5.17 Å². The first-order valence-electron chi connectivity index (χ1n) is 10.0. The van der Waals surface area contributed by atoms with Crippen molar-refractivity contribution >= 4 is 56.2 Å². The molecule has 0 radical (unpaired) electrons. The molecule has 2 heterocycles. The molecule has 1 fully saturated rings. The molecule has 33 heavy (non-hydrogen) atoms. The van der Waals surface area contributed by atoms with Gasteiger partial charge >= 0.3 is 0 Å². The van der Waals surface area contributed by atoms with E-state index >= 15 is 0 Å². The molecule has 0 bridgehead atoms. The summed E-state index contributed by atoms with van der Waals surface area (Å²) in [6, 6.07) is 10.7. The van der Waals surface area contributed by atoms with E-state index in [-0.39, 0.29) is 11.6 Å². The number of halogens is 1. The molecule has 9 heteroatoms. The van der Waals surface area contributed by atoms with Gasteiger partial charge in [0.05, 0.1) is 15.5 Å². The molecule has 0 saturated carbocycles. The minimum Gasteiger partial charge on any atom is -0.457 e. The number of hydrogen-bond donors (Lipinski definition) is 1. The number of thioether (sulfide) groups is 1. The lowest BCUT2D eigenvalue weighted by Crippen LogP contribution is -2.19. The normalized spacial score (nSPS) is 16.0. The number of hydrogen-bond acceptors (Lipinski definition) is 6. The van der Waals surface area contributed by atoms with E-state index in [0.29, 0.717) is 32.7 Å². The van der Waals surface area contributed by atoms with Crippen LogP contribution in [0, 0.1) is 37.8 Å². The number of carbonyl (C=O) groups is 1. The Labute approximate surface area is 203 Å². The van der Waals surface area contributed by atoms with E-state index in [0.717, 1.165) is 26.9 Å². The van der Waals surface area contributed by atoms with E-state index in [9.17, 15) is 14.9 Å². The highest BCUT2D eigenvalue weighted by Gasteiger charge is 2.25. The van der Waals surface area contributed by atoms with Crippen LogP contribution in [0.25, 0.3) is 17.4 Å². The third-order valence-electron chi connectivity index (χ3n) is 5.32. The summed E-state index contributed by atoms with van der Waals surface area (Å²) in [6.45, 7) is 7.53. The summed E-state index contributed by atoms with van der Waals surface area (Å²) < 4.78 is 6.91. The lowest BCUT2D eigenvalue weighted by molar-refractivity contribution is -0.385. The van der Waals surface area contributed by atoms with Crippen molar-refractivity contribution in [3.63, 3.8) is 0 Å². The number of nitro groups is 1. The van der Waals surface area contributed by atoms with Gasteiger partial charge < -0.3 is 9.73 Å². The molecule has 0 unspecified atom stereocenters. The lowest BCUT2D eigenvalue weighted by atomic mass is 10.0. The van der Waals surface area contributed by atoms with Crippen LogP contribution in [-0.4, -0.2) is 16.0 Å². The number of carbonyl (C=O) groups excluding carboxylic acids is 1. The molecule has 2 aromatic carbocycles. The molecule has 1 saturated heterocycles. The number of nitro benzene ring substituents is 1. The van der Waals surface area contributed by atoms with Crippen LogP contribution in [0.2, 0.25) is 0 Å². The third kappa shape index (κ3) is 4.79. The molecule has 1 N–H and O–H groups in total. The summed E-state index contributed by atoms with van der Waals surface area (Å²) in [4.78, 5) is 28.4. The smallest absolute Gasteiger partial charge is 0.273 e. The highest BCUT2D eigenvalue weighted by molar-refractivity contribution is 9.10. The van der Waals surface area contributed by atoms with Crippen molar-refractivity contribution < 1.29 is 14.1 Å². The average Bonchev–Trinajstić information content (AvgIpc) is 3.34. The molecular weight excluding hydrogens is 506 g/mol. The zero-order valence-corrected chi connectivity index (χ0v) is 20.8. The van der Waals surface area contributed by atoms with Crippen LogP contribution in [0.3, 0.4) is 0 Å². The molecule has 168 valence electrons. The Bertz CT molecular complexity index is 1350. The number of rotatable bonds is 4. The zero-order chi connectivity index (χ0) is 23.9. The van der Waals surface area contributed by atoms with Crippen molar-refractivity contribution in [3.8, 4) is 11.3 Å². The van der Waals surface area contributed by atoms with Gasteiger partial charge in [-0.15, -0.1) is 0 Å². The molecular formula is C24H20BrN3O4S. The second-order valence-electron chi connectivity index (χ2n) is 7.77. The van der Waals surface area contributed by atoms with Gasteiger partial charge in [-0.05, 0) is 86.5 Å². The Morgan fingerprint density at radius 3 is 2.45 bits per heavy atom. The zero-order valence-electron chi connectivity index (χ0n) is 18.4. The van der Waals surface area contributed by atoms with Gasteiger partial charge in [0.1, 0.15) is 11.5 Å². The molecule has 0 atom stereocenters. The predicted octanol–water partition coefficient (Wildman–Crippen LogP) is 6.74. The highest BCUT2D eigenvalue weighted by atomic mass is 79.9. The van der Waals surface area contributed by atoms with Crippen molar-refractivity contribution in [1.82, 2.24) is 5.32 Å². The number of aliphatic imine (C=N–C) groups is 1. The molecule has 1 amide bonds. The van der Waals surface area contributed by atoms with Crippen molar-refractivity contribution in [2.75, 3.05) is 0 Å². The molecule has 1 aromatic heterocycles. The van der Waals surface area contributed by atoms with Crippen LogP contribution in [0.4, 0.5) is 11.4 Å². The summed E-state index contributed by atoms with van der Waals surface area (Å²) in [5.74, 6) is 0.704. The SMILES string of the molecule is Cc1cc(-c2ccc(/C=C3\SC(=Nc4cc(C)c(Br)c(C)c4)NC3=O)o2)cc([N+](=O)[O-])c1C. The van der Waals surface area contributed by atoms with Crippen LogP contribution in [0.5, 0.6) is 0 Å². The minimum absolute atomic E-state index is 0.0475. The summed E-state index contributed by atoms with van der Waals surface area (Å²) in [5, 5.41) is 14.6. The van der Waals surface area contributed by atoms with E-state index in [1.807, 2.05) is 39.0 Å². The summed E-state index contributed by atoms with van der Waals surface area (Å²) in [7, 11) is 0. The van der Waals surface area contributed by atoms with E-state index in [1.165, 1.54) is 17.8 Å². The monoisotopic (exact) mass is 525 g/mol. The molecule has 1 aliphatic rings. The molecule has 4 rings (SSSR count). The first-order valence-corrected chi connectivity index (χ1v) is 11.7. The van der Waals surface area contributed by atoms with Gasteiger partial charge in [-0.25, -0.2) is 4.99 Å². The lowest BCUT2D eigenvalue weighted by Gasteiger charge is -2.05. The number of amides is 1. The van der Waals surface area contributed by atoms with Crippen molar-refractivity contribution in [2.24, 2.45) is 4.99 Å². The number of nitrogens with zero attached hydrogens (tertiary/aromatic N) is 2. The van der Waals surface area contributed by atoms with Gasteiger partial charge in [0.25, 0.3) is 11.6 Å². The first-order chi connectivity index (χ1) is 15.6. The predicted molar refractivity (Wildman–Crippen MR) is 135 cm³/mol. The number of nitrogens with one attached hydrogen (secondary N) is 1. The first kappa shape index (κ1) is 23.0. The highest BCUT2D eigenvalue weighted by Crippen LogP contribution is 2.34. The minimum atomic E-state index is -0.396. The van der Waals surface area contributed by atoms with E-state index in [4.69, 9.17) is 4.42 Å². The Balaban J connectivity index is 1.59. The average molecular weight is 526 g/mol. The fourth-order valence-electron chi connectivity index (χ4n) is 3.47. The van der Waals surface area contributed by atoms with E-state index in [1.54, 1.807) is 25.1 Å².